The van der Waals surface area contributed by atoms with Crippen molar-refractivity contribution in [1.29, 1.82) is 0 Å². The summed E-state index contributed by atoms with van der Waals surface area (Å²) in [5.74, 6) is -0.468. The van der Waals surface area contributed by atoms with Crippen molar-refractivity contribution < 1.29 is 19.1 Å². The molecule has 8 heteroatoms. The lowest BCUT2D eigenvalue weighted by Gasteiger charge is -2.18. The van der Waals surface area contributed by atoms with Crippen LogP contribution in [-0.2, 0) is 9.59 Å². The molecule has 0 aromatic heterocycles. The van der Waals surface area contributed by atoms with Gasteiger partial charge in [0.25, 0.3) is 11.8 Å². The normalized spacial score (nSPS) is 11.7. The molecule has 1 unspecified atom stereocenters. The van der Waals surface area contributed by atoms with Crippen LogP contribution in [0.15, 0.2) is 138 Å². The predicted molar refractivity (Wildman–Crippen MR) is 190 cm³/mol. The number of rotatable bonds is 11. The maximum atomic E-state index is 13.7. The smallest absolute Gasteiger partial charge is 0.272 e. The Morgan fingerprint density at radius 1 is 0.702 bits per heavy atom. The zero-order valence-corrected chi connectivity index (χ0v) is 27.1. The van der Waals surface area contributed by atoms with Gasteiger partial charge in [0.15, 0.2) is 0 Å². The average molecular weight is 642 g/mol. The summed E-state index contributed by atoms with van der Waals surface area (Å²) in [5, 5.41) is 8.19. The first-order valence-corrected chi connectivity index (χ1v) is 15.9. The molecule has 0 saturated heterocycles. The lowest BCUT2D eigenvalue weighted by molar-refractivity contribution is -0.116. The second-order valence-corrected chi connectivity index (χ2v) is 12.0. The van der Waals surface area contributed by atoms with E-state index in [2.05, 4.69) is 16.0 Å². The average Bonchev–Trinajstić information content (AvgIpc) is 3.09. The van der Waals surface area contributed by atoms with E-state index in [9.17, 15) is 14.4 Å². The van der Waals surface area contributed by atoms with E-state index in [1.807, 2.05) is 92.7 Å². The maximum absolute atomic E-state index is 13.7. The van der Waals surface area contributed by atoms with Crippen LogP contribution in [0.4, 0.5) is 11.4 Å². The third kappa shape index (κ3) is 8.99. The summed E-state index contributed by atoms with van der Waals surface area (Å²) in [6.45, 7) is 4.04. The molecule has 0 aliphatic carbocycles. The summed E-state index contributed by atoms with van der Waals surface area (Å²) < 4.78 is 5.33. The van der Waals surface area contributed by atoms with Crippen molar-refractivity contribution in [1.82, 2.24) is 5.32 Å². The maximum Gasteiger partial charge on any atom is 0.272 e. The highest BCUT2D eigenvalue weighted by Crippen LogP contribution is 2.37. The molecule has 0 radical (unpaired) electrons. The molecule has 5 aromatic carbocycles. The van der Waals surface area contributed by atoms with E-state index in [4.69, 9.17) is 4.74 Å². The molecule has 0 bridgehead atoms. The molecule has 47 heavy (non-hydrogen) atoms. The lowest BCUT2D eigenvalue weighted by Crippen LogP contribution is -2.30. The number of carbonyl (C=O) groups is 3. The molecule has 7 nitrogen and oxygen atoms in total. The molecule has 0 saturated carbocycles. The summed E-state index contributed by atoms with van der Waals surface area (Å²) in [5.41, 5.74) is 5.47. The number of benzene rings is 5. The highest BCUT2D eigenvalue weighted by atomic mass is 32.2. The first-order chi connectivity index (χ1) is 22.8. The molecule has 1 atom stereocenters. The van der Waals surface area contributed by atoms with E-state index < -0.39 is 17.1 Å². The fourth-order valence-electron chi connectivity index (χ4n) is 4.75. The van der Waals surface area contributed by atoms with Gasteiger partial charge < -0.3 is 20.7 Å². The zero-order chi connectivity index (χ0) is 33.2. The van der Waals surface area contributed by atoms with Crippen molar-refractivity contribution in [2.75, 3.05) is 17.7 Å². The van der Waals surface area contributed by atoms with E-state index in [1.165, 1.54) is 11.8 Å². The summed E-state index contributed by atoms with van der Waals surface area (Å²) in [6, 6.07) is 38.6. The monoisotopic (exact) mass is 641 g/mol. The van der Waals surface area contributed by atoms with Crippen molar-refractivity contribution in [2.45, 2.75) is 24.0 Å². The minimum Gasteiger partial charge on any atom is -0.497 e. The number of hydrogen-bond acceptors (Lipinski definition) is 5. The molecule has 0 heterocycles. The second kappa shape index (κ2) is 15.6. The third-order valence-electron chi connectivity index (χ3n) is 7.39. The lowest BCUT2D eigenvalue weighted by atomic mass is 10.1. The van der Waals surface area contributed by atoms with Crippen LogP contribution in [0.1, 0.15) is 37.9 Å². The zero-order valence-electron chi connectivity index (χ0n) is 26.3. The molecule has 0 aliphatic rings. The Bertz CT molecular complexity index is 1910. The van der Waals surface area contributed by atoms with Crippen molar-refractivity contribution in [3.05, 3.63) is 161 Å². The van der Waals surface area contributed by atoms with Gasteiger partial charge in [0.2, 0.25) is 5.91 Å². The van der Waals surface area contributed by atoms with Crippen LogP contribution in [0.5, 0.6) is 5.75 Å². The van der Waals surface area contributed by atoms with Crippen molar-refractivity contribution in [2.24, 2.45) is 0 Å². The summed E-state index contributed by atoms with van der Waals surface area (Å²) in [4.78, 5) is 41.2. The van der Waals surface area contributed by atoms with Crippen LogP contribution >= 0.6 is 11.8 Å². The fraction of sp³-hybridized carbons (Fsp3) is 0.103. The van der Waals surface area contributed by atoms with Gasteiger partial charge in [0.1, 0.15) is 16.7 Å². The van der Waals surface area contributed by atoms with E-state index in [-0.39, 0.29) is 11.6 Å². The van der Waals surface area contributed by atoms with Crippen LogP contribution in [0.25, 0.3) is 6.08 Å². The van der Waals surface area contributed by atoms with Gasteiger partial charge in [-0.25, -0.2) is 0 Å². The van der Waals surface area contributed by atoms with Crippen LogP contribution in [-0.4, -0.2) is 24.8 Å². The molecule has 0 fully saturated rings. The Morgan fingerprint density at radius 3 is 2.13 bits per heavy atom. The highest BCUT2D eigenvalue weighted by molar-refractivity contribution is 8.00. The van der Waals surface area contributed by atoms with Crippen LogP contribution in [0.2, 0.25) is 0 Å². The molecule has 5 rings (SSSR count). The topological polar surface area (TPSA) is 96.5 Å². The summed E-state index contributed by atoms with van der Waals surface area (Å²) in [6.07, 6.45) is 1.60. The van der Waals surface area contributed by atoms with Crippen LogP contribution in [0.3, 0.4) is 0 Å². The molecule has 0 spiro atoms. The Hall–Kier alpha value is -5.60. The van der Waals surface area contributed by atoms with E-state index in [0.717, 1.165) is 27.3 Å². The van der Waals surface area contributed by atoms with Gasteiger partial charge in [-0.3, -0.25) is 14.4 Å². The first kappa shape index (κ1) is 32.8. The largest absolute Gasteiger partial charge is 0.497 e. The molecule has 5 aromatic rings. The van der Waals surface area contributed by atoms with Gasteiger partial charge in [0.05, 0.1) is 7.11 Å². The number of carbonyl (C=O) groups excluding carboxylic acids is 3. The SMILES string of the molecule is COc1cccc(/C=C(\NC(=O)c2ccccc2)C(=O)Nc2cccc(SC(C(=O)Nc3ccc(C)c(C)c3)c3ccccc3)c2)c1. The second-order valence-electron chi connectivity index (χ2n) is 10.8. The predicted octanol–water partition coefficient (Wildman–Crippen LogP) is 8.19. The van der Waals surface area contributed by atoms with Crippen LogP contribution in [0, 0.1) is 13.8 Å². The number of nitrogens with one attached hydrogen (secondary N) is 3. The van der Waals surface area contributed by atoms with E-state index in [1.54, 1.807) is 61.7 Å². The summed E-state index contributed by atoms with van der Waals surface area (Å²) in [7, 11) is 1.56. The molecular weight excluding hydrogens is 607 g/mol. The Labute approximate surface area is 279 Å². The standard InChI is InChI=1S/C39H35N3O4S/c1-26-20-21-32(22-27(26)2)41-39(45)36(29-13-6-4-7-14-29)47-34-19-11-17-31(25-34)40-38(44)35(24-28-12-10-18-33(23-28)46-3)42-37(43)30-15-8-5-9-16-30/h4-25,36H,1-3H3,(H,40,44)(H,41,45)(H,42,43)/b35-24-. The first-order valence-electron chi connectivity index (χ1n) is 15.0. The van der Waals surface area contributed by atoms with Gasteiger partial charge in [-0.2, -0.15) is 0 Å². The van der Waals surface area contributed by atoms with Gasteiger partial charge in [-0.15, -0.1) is 11.8 Å². The molecule has 3 N–H and O–H groups in total. The Kier molecular flexibility index (Phi) is 10.9. The van der Waals surface area contributed by atoms with Gasteiger partial charge in [-0.05, 0) is 96.8 Å². The minimum absolute atomic E-state index is 0.0556. The quantitative estimate of drug-likeness (QED) is 0.0998. The molecule has 3 amide bonds. The minimum atomic E-state index is -0.558. The number of thioether (sulfide) groups is 1. The third-order valence-corrected chi connectivity index (χ3v) is 8.64. The highest BCUT2D eigenvalue weighted by Gasteiger charge is 2.23. The molecule has 0 aliphatic heterocycles. The van der Waals surface area contributed by atoms with Gasteiger partial charge in [0, 0.05) is 21.8 Å². The number of methoxy groups -OCH3 is 1. The molecular formula is C39H35N3O4S. The van der Waals surface area contributed by atoms with Gasteiger partial charge >= 0.3 is 0 Å². The number of hydrogen-bond donors (Lipinski definition) is 3. The Morgan fingerprint density at radius 2 is 1.40 bits per heavy atom. The number of amides is 3. The van der Waals surface area contributed by atoms with E-state index >= 15 is 0 Å². The Balaban J connectivity index is 1.38. The van der Waals surface area contributed by atoms with Crippen LogP contribution < -0.4 is 20.7 Å². The summed E-state index contributed by atoms with van der Waals surface area (Å²) >= 11 is 1.38. The molecule has 236 valence electrons. The van der Waals surface area contributed by atoms with Crippen molar-refractivity contribution in [3.8, 4) is 5.75 Å². The number of anilines is 2. The van der Waals surface area contributed by atoms with Crippen molar-refractivity contribution in [3.63, 3.8) is 0 Å². The number of aryl methyl sites for hydroxylation is 2. The fourth-order valence-corrected chi connectivity index (χ4v) is 5.83. The van der Waals surface area contributed by atoms with Gasteiger partial charge in [-0.1, -0.05) is 72.8 Å². The number of ether oxygens (including phenoxy) is 1. The van der Waals surface area contributed by atoms with Crippen molar-refractivity contribution >= 4 is 46.9 Å². The van der Waals surface area contributed by atoms with E-state index in [0.29, 0.717) is 22.6 Å².